The number of carbonyl (C=O) groups is 2. The normalized spacial score (nSPS) is 14.0. The van der Waals surface area contributed by atoms with Crippen LogP contribution in [0.25, 0.3) is 0 Å². The van der Waals surface area contributed by atoms with Gasteiger partial charge in [0.1, 0.15) is 0 Å². The molecule has 2 aromatic carbocycles. The van der Waals surface area contributed by atoms with Crippen LogP contribution in [0.5, 0.6) is 0 Å². The Kier molecular flexibility index (Phi) is 5.87. The second-order valence-electron chi connectivity index (χ2n) is 6.27. The molecule has 1 saturated heterocycles. The predicted molar refractivity (Wildman–Crippen MR) is 101 cm³/mol. The summed E-state index contributed by atoms with van der Waals surface area (Å²) in [6, 6.07) is 15.7. The molecule has 2 aromatic rings. The number of hydrogen-bond donors (Lipinski definition) is 1. The van der Waals surface area contributed by atoms with Gasteiger partial charge in [-0.05, 0) is 35.2 Å². The fraction of sp³-hybridized carbons (Fsp3) is 0.300. The van der Waals surface area contributed by atoms with E-state index in [-0.39, 0.29) is 11.8 Å². The van der Waals surface area contributed by atoms with Gasteiger partial charge in [-0.25, -0.2) is 0 Å². The zero-order valence-electron chi connectivity index (χ0n) is 14.0. The van der Waals surface area contributed by atoms with Gasteiger partial charge in [-0.15, -0.1) is 0 Å². The molecule has 2 amide bonds. The molecule has 25 heavy (non-hydrogen) atoms. The molecule has 1 fully saturated rings. The van der Waals surface area contributed by atoms with Crippen LogP contribution < -0.4 is 5.32 Å². The maximum absolute atomic E-state index is 12.2. The van der Waals surface area contributed by atoms with Crippen LogP contribution in [0, 0.1) is 0 Å². The van der Waals surface area contributed by atoms with Gasteiger partial charge in [0.25, 0.3) is 0 Å². The van der Waals surface area contributed by atoms with Crippen molar-refractivity contribution in [2.45, 2.75) is 32.4 Å². The summed E-state index contributed by atoms with van der Waals surface area (Å²) in [7, 11) is 0. The van der Waals surface area contributed by atoms with Gasteiger partial charge in [-0.3, -0.25) is 9.59 Å². The summed E-state index contributed by atoms with van der Waals surface area (Å²) in [6.45, 7) is 1.92. The standard InChI is InChI=1S/C20H21BrN2O2/c21-18-8-3-5-15(11-18)12-19(24)22-13-16-6-1-2-7-17(16)14-23-10-4-9-20(23)25/h1-3,5-8,11H,4,9-10,12-14H2,(H,22,24). The van der Waals surface area contributed by atoms with E-state index < -0.39 is 0 Å². The lowest BCUT2D eigenvalue weighted by Gasteiger charge is -2.18. The van der Waals surface area contributed by atoms with Crippen molar-refractivity contribution in [2.75, 3.05) is 6.54 Å². The third-order valence-corrected chi connectivity index (χ3v) is 4.87. The minimum absolute atomic E-state index is 0.00912. The van der Waals surface area contributed by atoms with Crippen LogP contribution in [0.3, 0.4) is 0 Å². The molecule has 3 rings (SSSR count). The van der Waals surface area contributed by atoms with Crippen LogP contribution in [-0.2, 0) is 29.1 Å². The molecule has 0 aromatic heterocycles. The van der Waals surface area contributed by atoms with Crippen LogP contribution in [0.1, 0.15) is 29.5 Å². The Balaban J connectivity index is 1.59. The third-order valence-electron chi connectivity index (χ3n) is 4.38. The summed E-state index contributed by atoms with van der Waals surface area (Å²) in [5.74, 6) is 0.207. The van der Waals surface area contributed by atoms with E-state index >= 15 is 0 Å². The topological polar surface area (TPSA) is 49.4 Å². The number of nitrogens with one attached hydrogen (secondary N) is 1. The first-order valence-electron chi connectivity index (χ1n) is 8.47. The number of carbonyl (C=O) groups excluding carboxylic acids is 2. The molecule has 4 nitrogen and oxygen atoms in total. The minimum Gasteiger partial charge on any atom is -0.352 e. The lowest BCUT2D eigenvalue weighted by Crippen LogP contribution is -2.27. The van der Waals surface area contributed by atoms with Crippen molar-refractivity contribution in [3.8, 4) is 0 Å². The molecule has 0 spiro atoms. The van der Waals surface area contributed by atoms with Crippen molar-refractivity contribution in [3.63, 3.8) is 0 Å². The van der Waals surface area contributed by atoms with Gasteiger partial charge in [0, 0.05) is 30.5 Å². The summed E-state index contributed by atoms with van der Waals surface area (Å²) < 4.78 is 0.971. The van der Waals surface area contributed by atoms with E-state index in [4.69, 9.17) is 0 Å². The molecule has 0 radical (unpaired) electrons. The summed E-state index contributed by atoms with van der Waals surface area (Å²) in [4.78, 5) is 25.9. The van der Waals surface area contributed by atoms with Gasteiger partial charge >= 0.3 is 0 Å². The van der Waals surface area contributed by atoms with E-state index in [1.807, 2.05) is 53.4 Å². The molecule has 0 saturated carbocycles. The molecule has 1 aliphatic rings. The van der Waals surface area contributed by atoms with E-state index in [9.17, 15) is 9.59 Å². The predicted octanol–water partition coefficient (Wildman–Crippen LogP) is 3.43. The van der Waals surface area contributed by atoms with Gasteiger partial charge in [-0.1, -0.05) is 52.3 Å². The fourth-order valence-corrected chi connectivity index (χ4v) is 3.50. The van der Waals surface area contributed by atoms with Crippen molar-refractivity contribution < 1.29 is 9.59 Å². The van der Waals surface area contributed by atoms with Gasteiger partial charge in [0.2, 0.25) is 11.8 Å². The monoisotopic (exact) mass is 400 g/mol. The Labute approximate surface area is 156 Å². The average molecular weight is 401 g/mol. The SMILES string of the molecule is O=C(Cc1cccc(Br)c1)NCc1ccccc1CN1CCCC1=O. The molecule has 1 aliphatic heterocycles. The highest BCUT2D eigenvalue weighted by atomic mass is 79.9. The Morgan fingerprint density at radius 1 is 1.12 bits per heavy atom. The van der Waals surface area contributed by atoms with Crippen molar-refractivity contribution in [1.29, 1.82) is 0 Å². The average Bonchev–Trinajstić information content (AvgIpc) is 2.99. The molecule has 0 bridgehead atoms. The number of hydrogen-bond acceptors (Lipinski definition) is 2. The van der Waals surface area contributed by atoms with Crippen molar-refractivity contribution in [2.24, 2.45) is 0 Å². The lowest BCUT2D eigenvalue weighted by molar-refractivity contribution is -0.128. The summed E-state index contributed by atoms with van der Waals surface area (Å²) in [5, 5.41) is 2.99. The van der Waals surface area contributed by atoms with Crippen molar-refractivity contribution in [1.82, 2.24) is 10.2 Å². The molecule has 0 atom stereocenters. The van der Waals surface area contributed by atoms with Crippen LogP contribution in [0.4, 0.5) is 0 Å². The highest BCUT2D eigenvalue weighted by Gasteiger charge is 2.20. The zero-order chi connectivity index (χ0) is 17.6. The van der Waals surface area contributed by atoms with Crippen LogP contribution in [0.2, 0.25) is 0 Å². The second-order valence-corrected chi connectivity index (χ2v) is 7.19. The fourth-order valence-electron chi connectivity index (χ4n) is 3.05. The Morgan fingerprint density at radius 2 is 1.92 bits per heavy atom. The lowest BCUT2D eigenvalue weighted by atomic mass is 10.1. The molecule has 0 unspecified atom stereocenters. The Hall–Kier alpha value is -2.14. The largest absolute Gasteiger partial charge is 0.352 e. The highest BCUT2D eigenvalue weighted by molar-refractivity contribution is 9.10. The summed E-state index contributed by atoms with van der Waals surface area (Å²) >= 11 is 3.42. The van der Waals surface area contributed by atoms with Gasteiger partial charge in [0.05, 0.1) is 6.42 Å². The first-order chi connectivity index (χ1) is 12.1. The molecular weight excluding hydrogens is 380 g/mol. The highest BCUT2D eigenvalue weighted by Crippen LogP contribution is 2.17. The van der Waals surface area contributed by atoms with Gasteiger partial charge in [-0.2, -0.15) is 0 Å². The molecule has 1 N–H and O–H groups in total. The van der Waals surface area contributed by atoms with E-state index in [0.717, 1.165) is 34.1 Å². The zero-order valence-corrected chi connectivity index (χ0v) is 15.6. The van der Waals surface area contributed by atoms with E-state index in [2.05, 4.69) is 21.2 Å². The third kappa shape index (κ3) is 4.92. The molecule has 130 valence electrons. The van der Waals surface area contributed by atoms with Crippen LogP contribution >= 0.6 is 15.9 Å². The number of rotatable bonds is 6. The molecule has 5 heteroatoms. The summed E-state index contributed by atoms with van der Waals surface area (Å²) in [5.41, 5.74) is 3.13. The van der Waals surface area contributed by atoms with Crippen LogP contribution in [-0.4, -0.2) is 23.3 Å². The van der Waals surface area contributed by atoms with Gasteiger partial charge in [0.15, 0.2) is 0 Å². The number of amides is 2. The Bertz CT molecular complexity index is 776. The van der Waals surface area contributed by atoms with E-state index in [1.54, 1.807) is 0 Å². The molecule has 1 heterocycles. The first kappa shape index (κ1) is 17.7. The van der Waals surface area contributed by atoms with Crippen LogP contribution in [0.15, 0.2) is 53.0 Å². The number of halogens is 1. The van der Waals surface area contributed by atoms with E-state index in [1.165, 1.54) is 0 Å². The minimum atomic E-state index is -0.00912. The van der Waals surface area contributed by atoms with Crippen molar-refractivity contribution >= 4 is 27.7 Å². The molecule has 0 aliphatic carbocycles. The maximum atomic E-state index is 12.2. The first-order valence-corrected chi connectivity index (χ1v) is 9.27. The smallest absolute Gasteiger partial charge is 0.224 e. The van der Waals surface area contributed by atoms with Gasteiger partial charge < -0.3 is 10.2 Å². The number of benzene rings is 2. The Morgan fingerprint density at radius 3 is 2.64 bits per heavy atom. The van der Waals surface area contributed by atoms with E-state index in [0.29, 0.717) is 25.9 Å². The number of nitrogens with zero attached hydrogens (tertiary/aromatic N) is 1. The second kappa shape index (κ2) is 8.30. The van der Waals surface area contributed by atoms with Crippen molar-refractivity contribution in [3.05, 3.63) is 69.7 Å². The molecular formula is C20H21BrN2O2. The summed E-state index contributed by atoms with van der Waals surface area (Å²) in [6.07, 6.45) is 1.93. The number of likely N-dealkylation sites (tertiary alicyclic amines) is 1. The quantitative estimate of drug-likeness (QED) is 0.807. The maximum Gasteiger partial charge on any atom is 0.224 e.